The van der Waals surface area contributed by atoms with Crippen molar-refractivity contribution in [3.8, 4) is 22.5 Å². The second kappa shape index (κ2) is 19.7. The average molecular weight is 765 g/mol. The quantitative estimate of drug-likeness (QED) is 0.0258. The molecule has 0 radical (unpaired) electrons. The molecule has 0 bridgehead atoms. The molecule has 0 saturated heterocycles. The van der Waals surface area contributed by atoms with E-state index in [1.807, 2.05) is 25.4 Å². The number of nitrogens with two attached hydrogens (primary N) is 2. The highest BCUT2D eigenvalue weighted by atomic mass is 32.1. The molecule has 0 aliphatic heterocycles. The number of aromatic nitrogens is 3. The number of likely N-dealkylation sites (N-methyl/N-ethyl adjacent to an activating group) is 1. The van der Waals surface area contributed by atoms with Gasteiger partial charge in [-0.3, -0.25) is 16.3 Å². The van der Waals surface area contributed by atoms with E-state index in [0.717, 1.165) is 96.8 Å². The maximum atomic E-state index is 6.54. The van der Waals surface area contributed by atoms with Crippen LogP contribution in [0.15, 0.2) is 91.3 Å². The summed E-state index contributed by atoms with van der Waals surface area (Å²) < 4.78 is 2.45. The van der Waals surface area contributed by atoms with E-state index in [2.05, 4.69) is 125 Å². The van der Waals surface area contributed by atoms with E-state index in [1.54, 1.807) is 11.3 Å². The minimum Gasteiger partial charge on any atom is -0.380 e. The van der Waals surface area contributed by atoms with E-state index < -0.39 is 0 Å². The number of hydrogen-bond acceptors (Lipinski definition) is 8. The predicted octanol–water partition coefficient (Wildman–Crippen LogP) is 10.1. The van der Waals surface area contributed by atoms with Crippen LogP contribution in [0.1, 0.15) is 103 Å². The standard InChI is InChI=1S/C46H68N8S/c1-13-53(12)44(31(5)6)34(9)51-39(32(7)18-15-16-25-50-48)27-42-52-40(29-55-42)35-20-21-41-37(26-35)38(28-46(10,11)23-22-30(3)4)45(54(41)14-2)36-19-17-24-49-43(36)33(8)47/h13,17,19-21,24,26,29,31,33,39,44,50-51H,1,3,7,9,14-16,18,22-23,25,27-28,47-48H2,2,4-6,8,10-12H3. The van der Waals surface area contributed by atoms with Gasteiger partial charge in [-0.1, -0.05) is 64.6 Å². The number of hydrazine groups is 1. The first-order valence-corrected chi connectivity index (χ1v) is 20.9. The van der Waals surface area contributed by atoms with Gasteiger partial charge in [0.2, 0.25) is 0 Å². The van der Waals surface area contributed by atoms with Crippen molar-refractivity contribution >= 4 is 22.2 Å². The number of fused-ring (bicyclic) bond motifs is 1. The fourth-order valence-corrected chi connectivity index (χ4v) is 8.65. The maximum absolute atomic E-state index is 6.54. The van der Waals surface area contributed by atoms with Gasteiger partial charge >= 0.3 is 0 Å². The van der Waals surface area contributed by atoms with E-state index in [4.69, 9.17) is 21.5 Å². The molecule has 0 saturated carbocycles. The van der Waals surface area contributed by atoms with Crippen LogP contribution in [0.5, 0.6) is 0 Å². The van der Waals surface area contributed by atoms with Crippen molar-refractivity contribution in [1.82, 2.24) is 30.2 Å². The van der Waals surface area contributed by atoms with Gasteiger partial charge in [-0.15, -0.1) is 17.9 Å². The van der Waals surface area contributed by atoms with Crippen LogP contribution in [0.4, 0.5) is 0 Å². The molecule has 55 heavy (non-hydrogen) atoms. The third kappa shape index (κ3) is 11.1. The summed E-state index contributed by atoms with van der Waals surface area (Å²) >= 11 is 1.71. The van der Waals surface area contributed by atoms with E-state index in [-0.39, 0.29) is 23.5 Å². The van der Waals surface area contributed by atoms with Crippen LogP contribution in [0.3, 0.4) is 0 Å². The molecule has 0 aliphatic rings. The van der Waals surface area contributed by atoms with Crippen molar-refractivity contribution in [2.75, 3.05) is 13.6 Å². The third-order valence-corrected chi connectivity index (χ3v) is 11.6. The Morgan fingerprint density at radius 2 is 1.85 bits per heavy atom. The lowest BCUT2D eigenvalue weighted by Crippen LogP contribution is -2.43. The van der Waals surface area contributed by atoms with E-state index in [1.165, 1.54) is 27.7 Å². The summed E-state index contributed by atoms with van der Waals surface area (Å²) in [6.45, 7) is 34.4. The summed E-state index contributed by atoms with van der Waals surface area (Å²) in [5, 5.41) is 8.31. The van der Waals surface area contributed by atoms with Gasteiger partial charge in [0.15, 0.2) is 0 Å². The Kier molecular flexibility index (Phi) is 15.7. The first-order valence-electron chi connectivity index (χ1n) is 20.0. The molecular weight excluding hydrogens is 697 g/mol. The lowest BCUT2D eigenvalue weighted by atomic mass is 9.79. The van der Waals surface area contributed by atoms with Crippen molar-refractivity contribution in [2.45, 2.75) is 118 Å². The van der Waals surface area contributed by atoms with Gasteiger partial charge in [0.1, 0.15) is 0 Å². The highest BCUT2D eigenvalue weighted by molar-refractivity contribution is 7.10. The van der Waals surface area contributed by atoms with Crippen LogP contribution in [0.2, 0.25) is 0 Å². The van der Waals surface area contributed by atoms with Crippen molar-refractivity contribution < 1.29 is 0 Å². The Bertz CT molecular complexity index is 1930. The second-order valence-corrected chi connectivity index (χ2v) is 17.4. The molecule has 8 nitrogen and oxygen atoms in total. The van der Waals surface area contributed by atoms with E-state index in [0.29, 0.717) is 5.92 Å². The minimum absolute atomic E-state index is 0.00734. The summed E-state index contributed by atoms with van der Waals surface area (Å²) in [4.78, 5) is 12.2. The van der Waals surface area contributed by atoms with Crippen LogP contribution >= 0.6 is 11.3 Å². The molecule has 3 aromatic heterocycles. The first-order chi connectivity index (χ1) is 26.1. The number of pyridine rings is 1. The number of benzene rings is 1. The van der Waals surface area contributed by atoms with Gasteiger partial charge in [0.05, 0.1) is 34.2 Å². The zero-order chi connectivity index (χ0) is 40.4. The Hall–Kier alpha value is -4.02. The zero-order valence-corrected chi connectivity index (χ0v) is 35.8. The van der Waals surface area contributed by atoms with Crippen LogP contribution in [0, 0.1) is 11.3 Å². The fraction of sp³-hybridized carbons (Fsp3) is 0.478. The second-order valence-electron chi connectivity index (χ2n) is 16.5. The van der Waals surface area contributed by atoms with Crippen molar-refractivity contribution in [3.05, 3.63) is 108 Å². The normalized spacial score (nSPS) is 13.5. The topological polar surface area (TPSA) is 110 Å². The molecule has 4 aromatic rings. The monoisotopic (exact) mass is 765 g/mol. The van der Waals surface area contributed by atoms with Crippen LogP contribution < -0.4 is 22.3 Å². The largest absolute Gasteiger partial charge is 0.380 e. The molecule has 0 aliphatic carbocycles. The number of unbranched alkanes of at least 4 members (excludes halogenated alkanes) is 1. The Balaban J connectivity index is 1.77. The van der Waals surface area contributed by atoms with E-state index in [9.17, 15) is 0 Å². The molecular formula is C46H68N8S. The number of rotatable bonds is 23. The molecule has 0 amide bonds. The summed E-state index contributed by atoms with van der Waals surface area (Å²) in [6, 6.07) is 11.0. The molecule has 6 N–H and O–H groups in total. The van der Waals surface area contributed by atoms with Crippen LogP contribution in [-0.2, 0) is 19.4 Å². The summed E-state index contributed by atoms with van der Waals surface area (Å²) in [6.07, 6.45) is 10.3. The van der Waals surface area contributed by atoms with E-state index >= 15 is 0 Å². The Morgan fingerprint density at radius 3 is 2.49 bits per heavy atom. The fourth-order valence-electron chi connectivity index (χ4n) is 7.80. The van der Waals surface area contributed by atoms with Gasteiger partial charge < -0.3 is 20.5 Å². The van der Waals surface area contributed by atoms with Crippen LogP contribution in [0.25, 0.3) is 33.4 Å². The Labute approximate surface area is 335 Å². The zero-order valence-electron chi connectivity index (χ0n) is 35.0. The average Bonchev–Trinajstić information content (AvgIpc) is 3.73. The molecule has 0 spiro atoms. The molecule has 298 valence electrons. The van der Waals surface area contributed by atoms with Gasteiger partial charge in [-0.05, 0) is 107 Å². The number of allylic oxidation sites excluding steroid dienone is 1. The predicted molar refractivity (Wildman–Crippen MR) is 238 cm³/mol. The molecule has 3 atom stereocenters. The highest BCUT2D eigenvalue weighted by Gasteiger charge is 2.28. The smallest absolute Gasteiger partial charge is 0.0956 e. The first kappa shape index (κ1) is 43.7. The molecule has 3 unspecified atom stereocenters. The highest BCUT2D eigenvalue weighted by Crippen LogP contribution is 2.42. The maximum Gasteiger partial charge on any atom is 0.0956 e. The number of nitrogens with one attached hydrogen (secondary N) is 2. The molecule has 4 rings (SSSR count). The summed E-state index contributed by atoms with van der Waals surface area (Å²) in [5.74, 6) is 5.90. The summed E-state index contributed by atoms with van der Waals surface area (Å²) in [7, 11) is 2.05. The third-order valence-electron chi connectivity index (χ3n) is 10.8. The van der Waals surface area contributed by atoms with Gasteiger partial charge in [-0.2, -0.15) is 0 Å². The van der Waals surface area contributed by atoms with Crippen molar-refractivity contribution in [3.63, 3.8) is 0 Å². The number of hydrogen-bond donors (Lipinski definition) is 4. The Morgan fingerprint density at radius 1 is 1.11 bits per heavy atom. The number of nitrogens with zero attached hydrogens (tertiary/aromatic N) is 4. The minimum atomic E-state index is -0.193. The van der Waals surface area contributed by atoms with Gasteiger partial charge in [0, 0.05) is 71.9 Å². The van der Waals surface area contributed by atoms with Gasteiger partial charge in [-0.25, -0.2) is 4.98 Å². The summed E-state index contributed by atoms with van der Waals surface area (Å²) in [5.41, 5.74) is 20.6. The van der Waals surface area contributed by atoms with Crippen molar-refractivity contribution in [2.24, 2.45) is 22.9 Å². The van der Waals surface area contributed by atoms with Crippen molar-refractivity contribution in [1.29, 1.82) is 0 Å². The number of aryl methyl sites for hydroxylation is 1. The SMILES string of the molecule is C=CN(C)C(C(=C)NC(Cc1nc(-c2ccc3c(c2)c(CC(C)(C)CCC(=C)C)c(-c2cccnc2C(C)N)n3CC)cs1)C(=C)CCCCNN)C(C)C. The molecule has 9 heteroatoms. The molecule has 0 fully saturated rings. The van der Waals surface area contributed by atoms with Gasteiger partial charge in [0.25, 0.3) is 0 Å². The van der Waals surface area contributed by atoms with Crippen LogP contribution in [-0.4, -0.2) is 45.1 Å². The number of thiazole rings is 1. The molecule has 3 heterocycles. The lowest BCUT2D eigenvalue weighted by Gasteiger charge is -2.34. The molecule has 1 aromatic carbocycles. The lowest BCUT2D eigenvalue weighted by molar-refractivity contribution is 0.283.